The first-order valence-corrected chi connectivity index (χ1v) is 9.54. The Morgan fingerprint density at radius 3 is 2.56 bits per heavy atom. The predicted octanol–water partition coefficient (Wildman–Crippen LogP) is 3.15. The third kappa shape index (κ3) is 5.44. The van der Waals surface area contributed by atoms with E-state index in [0.717, 1.165) is 63.7 Å². The van der Waals surface area contributed by atoms with Crippen LogP contribution in [-0.2, 0) is 4.74 Å². The summed E-state index contributed by atoms with van der Waals surface area (Å²) in [6.07, 6.45) is 6.64. The molecule has 0 bridgehead atoms. The zero-order valence-electron chi connectivity index (χ0n) is 14.9. The van der Waals surface area contributed by atoms with E-state index < -0.39 is 5.60 Å². The van der Waals surface area contributed by atoms with Gasteiger partial charge in [-0.05, 0) is 43.6 Å². The van der Waals surface area contributed by atoms with Crippen LogP contribution >= 0.6 is 0 Å². The zero-order chi connectivity index (χ0) is 17.5. The van der Waals surface area contributed by atoms with E-state index in [2.05, 4.69) is 22.8 Å². The molecule has 1 heterocycles. The Bertz CT molecular complexity index is 537. The van der Waals surface area contributed by atoms with Crippen molar-refractivity contribution in [1.82, 2.24) is 10.6 Å². The summed E-state index contributed by atoms with van der Waals surface area (Å²) in [4.78, 5) is 12.4. The number of nitrogens with one attached hydrogen (secondary N) is 2. The van der Waals surface area contributed by atoms with Gasteiger partial charge in [-0.1, -0.05) is 43.2 Å². The minimum atomic E-state index is -0.722. The molecule has 2 amide bonds. The fraction of sp³-hybridized carbons (Fsp3) is 0.650. The number of hydrogen-bond acceptors (Lipinski definition) is 3. The third-order valence-electron chi connectivity index (χ3n) is 5.53. The highest BCUT2D eigenvalue weighted by Gasteiger charge is 2.31. The highest BCUT2D eigenvalue weighted by atomic mass is 16.5. The second kappa shape index (κ2) is 8.68. The summed E-state index contributed by atoms with van der Waals surface area (Å²) in [7, 11) is 0. The first-order chi connectivity index (χ1) is 12.1. The van der Waals surface area contributed by atoms with Gasteiger partial charge in [0.25, 0.3) is 0 Å². The smallest absolute Gasteiger partial charge is 0.315 e. The number of ether oxygens (including phenoxy) is 1. The third-order valence-corrected chi connectivity index (χ3v) is 5.53. The summed E-state index contributed by atoms with van der Waals surface area (Å²) >= 11 is 0. The first kappa shape index (κ1) is 18.2. The molecule has 1 aromatic rings. The van der Waals surface area contributed by atoms with Gasteiger partial charge in [-0.2, -0.15) is 0 Å². The van der Waals surface area contributed by atoms with E-state index in [1.54, 1.807) is 0 Å². The molecule has 0 spiro atoms. The first-order valence-electron chi connectivity index (χ1n) is 9.54. The molecule has 0 aromatic heterocycles. The number of rotatable bonds is 6. The van der Waals surface area contributed by atoms with Crippen LogP contribution in [0.3, 0.4) is 0 Å². The van der Waals surface area contributed by atoms with Gasteiger partial charge in [-0.25, -0.2) is 4.79 Å². The molecule has 1 unspecified atom stereocenters. The van der Waals surface area contributed by atoms with Crippen LogP contribution < -0.4 is 10.6 Å². The molecule has 0 radical (unpaired) electrons. The average Bonchev–Trinajstić information content (AvgIpc) is 3.08. The van der Waals surface area contributed by atoms with E-state index >= 15 is 0 Å². The average molecular weight is 346 g/mol. The van der Waals surface area contributed by atoms with Crippen LogP contribution in [0, 0.1) is 5.92 Å². The molecule has 1 atom stereocenters. The number of urea groups is 1. The lowest BCUT2D eigenvalue weighted by molar-refractivity contribution is 0.0495. The summed E-state index contributed by atoms with van der Waals surface area (Å²) in [6.45, 7) is 1.95. The normalized spacial score (nSPS) is 21.6. The van der Waals surface area contributed by atoms with E-state index in [4.69, 9.17) is 4.74 Å². The van der Waals surface area contributed by atoms with Gasteiger partial charge in [0.05, 0.1) is 11.6 Å². The summed E-state index contributed by atoms with van der Waals surface area (Å²) in [5, 5.41) is 16.4. The molecule has 5 nitrogen and oxygen atoms in total. The van der Waals surface area contributed by atoms with Crippen molar-refractivity contribution in [3.63, 3.8) is 0 Å². The van der Waals surface area contributed by atoms with Gasteiger partial charge in [-0.15, -0.1) is 0 Å². The molecule has 2 fully saturated rings. The molecule has 3 rings (SSSR count). The van der Waals surface area contributed by atoms with Crippen molar-refractivity contribution in [1.29, 1.82) is 0 Å². The fourth-order valence-corrected chi connectivity index (χ4v) is 3.94. The lowest BCUT2D eigenvalue weighted by Gasteiger charge is -2.28. The minimum absolute atomic E-state index is 0.0116. The van der Waals surface area contributed by atoms with E-state index in [1.807, 2.05) is 18.2 Å². The number of carbonyl (C=O) groups excluding carboxylic acids is 1. The van der Waals surface area contributed by atoms with Crippen LogP contribution in [-0.4, -0.2) is 36.5 Å². The molecule has 1 aliphatic heterocycles. The Hall–Kier alpha value is -1.59. The van der Waals surface area contributed by atoms with Gasteiger partial charge in [0.15, 0.2) is 0 Å². The van der Waals surface area contributed by atoms with E-state index in [1.165, 1.54) is 0 Å². The van der Waals surface area contributed by atoms with Crippen molar-refractivity contribution < 1.29 is 14.6 Å². The maximum atomic E-state index is 12.4. The molecule has 1 aliphatic carbocycles. The summed E-state index contributed by atoms with van der Waals surface area (Å²) in [5.41, 5.74) is 0.407. The largest absolute Gasteiger partial charge is 0.388 e. The highest BCUT2D eigenvalue weighted by molar-refractivity contribution is 5.74. The van der Waals surface area contributed by atoms with Crippen LogP contribution in [0.15, 0.2) is 30.3 Å². The Kier molecular flexibility index (Phi) is 6.32. The van der Waals surface area contributed by atoms with Gasteiger partial charge >= 0.3 is 6.03 Å². The number of carbonyl (C=O) groups is 1. The van der Waals surface area contributed by atoms with Crippen molar-refractivity contribution in [3.05, 3.63) is 35.9 Å². The van der Waals surface area contributed by atoms with Crippen molar-refractivity contribution in [2.75, 3.05) is 19.8 Å². The standard InChI is InChI=1S/C20H30N2O3/c23-19(21-15-20(24)10-4-5-11-20)22-18(17-6-2-1-3-7-17)14-16-8-12-25-13-9-16/h1-3,6-7,16,18,24H,4-5,8-15H2,(H2,21,22,23). The van der Waals surface area contributed by atoms with Gasteiger partial charge < -0.3 is 20.5 Å². The number of hydrogen-bond donors (Lipinski definition) is 3. The molecular weight excluding hydrogens is 316 g/mol. The van der Waals surface area contributed by atoms with Gasteiger partial charge in [0.2, 0.25) is 0 Å². The van der Waals surface area contributed by atoms with E-state index in [9.17, 15) is 9.90 Å². The van der Waals surface area contributed by atoms with Crippen LogP contribution in [0.2, 0.25) is 0 Å². The van der Waals surface area contributed by atoms with Gasteiger partial charge in [0.1, 0.15) is 0 Å². The Labute approximate surface area is 150 Å². The molecule has 138 valence electrons. The summed E-state index contributed by atoms with van der Waals surface area (Å²) < 4.78 is 5.45. The highest BCUT2D eigenvalue weighted by Crippen LogP contribution is 2.29. The number of aliphatic hydroxyl groups is 1. The maximum absolute atomic E-state index is 12.4. The predicted molar refractivity (Wildman–Crippen MR) is 97.3 cm³/mol. The summed E-state index contributed by atoms with van der Waals surface area (Å²) in [5.74, 6) is 0.568. The SMILES string of the molecule is O=C(NCC1(O)CCCC1)NC(CC1CCOCC1)c1ccccc1. The van der Waals surface area contributed by atoms with E-state index in [0.29, 0.717) is 12.5 Å². The van der Waals surface area contributed by atoms with Crippen LogP contribution in [0.1, 0.15) is 56.6 Å². The molecule has 1 saturated heterocycles. The van der Waals surface area contributed by atoms with Crippen LogP contribution in [0.25, 0.3) is 0 Å². The molecule has 5 heteroatoms. The van der Waals surface area contributed by atoms with Crippen molar-refractivity contribution in [2.24, 2.45) is 5.92 Å². The lowest BCUT2D eigenvalue weighted by atomic mass is 9.89. The topological polar surface area (TPSA) is 70.6 Å². The molecular formula is C20H30N2O3. The second-order valence-corrected chi connectivity index (χ2v) is 7.51. The number of benzene rings is 1. The quantitative estimate of drug-likeness (QED) is 0.741. The Morgan fingerprint density at radius 1 is 1.20 bits per heavy atom. The molecule has 1 aromatic carbocycles. The van der Waals surface area contributed by atoms with Crippen molar-refractivity contribution in [3.8, 4) is 0 Å². The molecule has 25 heavy (non-hydrogen) atoms. The fourth-order valence-electron chi connectivity index (χ4n) is 3.94. The lowest BCUT2D eigenvalue weighted by Crippen LogP contribution is -2.46. The monoisotopic (exact) mass is 346 g/mol. The van der Waals surface area contributed by atoms with Crippen LogP contribution in [0.4, 0.5) is 4.79 Å². The van der Waals surface area contributed by atoms with Gasteiger partial charge in [-0.3, -0.25) is 0 Å². The zero-order valence-corrected chi connectivity index (χ0v) is 14.9. The maximum Gasteiger partial charge on any atom is 0.315 e. The second-order valence-electron chi connectivity index (χ2n) is 7.51. The molecule has 1 saturated carbocycles. The van der Waals surface area contributed by atoms with E-state index in [-0.39, 0.29) is 12.1 Å². The van der Waals surface area contributed by atoms with Crippen molar-refractivity contribution >= 4 is 6.03 Å². The minimum Gasteiger partial charge on any atom is -0.388 e. The molecule has 3 N–H and O–H groups in total. The van der Waals surface area contributed by atoms with Crippen molar-refractivity contribution in [2.45, 2.75) is 56.6 Å². The Morgan fingerprint density at radius 2 is 1.88 bits per heavy atom. The summed E-state index contributed by atoms with van der Waals surface area (Å²) in [6, 6.07) is 9.93. The number of amides is 2. The van der Waals surface area contributed by atoms with Gasteiger partial charge in [0, 0.05) is 19.8 Å². The molecule has 2 aliphatic rings. The Balaban J connectivity index is 1.57. The van der Waals surface area contributed by atoms with Crippen LogP contribution in [0.5, 0.6) is 0 Å².